The van der Waals surface area contributed by atoms with Crippen LogP contribution in [0, 0.1) is 0 Å². The first-order valence-corrected chi connectivity index (χ1v) is 11.2. The van der Waals surface area contributed by atoms with Gasteiger partial charge in [-0.1, -0.05) is 40.9 Å². The van der Waals surface area contributed by atoms with E-state index in [-0.39, 0.29) is 26.0 Å². The summed E-state index contributed by atoms with van der Waals surface area (Å²) in [7, 11) is -3.88. The molecule has 0 saturated carbocycles. The molecule has 0 radical (unpaired) electrons. The first-order valence-electron chi connectivity index (χ1n) is 8.61. The van der Waals surface area contributed by atoms with Crippen LogP contribution < -0.4 is 9.62 Å². The molecule has 5 nitrogen and oxygen atoms in total. The summed E-state index contributed by atoms with van der Waals surface area (Å²) in [5.41, 5.74) is 1.94. The minimum atomic E-state index is -3.88. The fourth-order valence-electron chi connectivity index (χ4n) is 3.50. The maximum Gasteiger partial charge on any atom is 0.243 e. The maximum atomic E-state index is 12.8. The predicted octanol–water partition coefficient (Wildman–Crippen LogP) is 4.75. The quantitative estimate of drug-likeness (QED) is 0.615. The lowest BCUT2D eigenvalue weighted by molar-refractivity contribution is 0.561. The maximum absolute atomic E-state index is 12.8. The van der Waals surface area contributed by atoms with E-state index in [1.807, 2.05) is 30.3 Å². The Labute approximate surface area is 178 Å². The molecule has 3 aromatic rings. The van der Waals surface area contributed by atoms with Crippen LogP contribution in [0.3, 0.4) is 0 Å². The number of aromatic nitrogens is 1. The van der Waals surface area contributed by atoms with E-state index in [9.17, 15) is 8.42 Å². The van der Waals surface area contributed by atoms with Gasteiger partial charge in [0.15, 0.2) is 0 Å². The lowest BCUT2D eigenvalue weighted by Gasteiger charge is -2.21. The summed E-state index contributed by atoms with van der Waals surface area (Å²) in [5, 5.41) is 1.32. The van der Waals surface area contributed by atoms with E-state index in [0.717, 1.165) is 23.1 Å². The molecule has 2 aromatic carbocycles. The number of anilines is 1. The lowest BCUT2D eigenvalue weighted by atomic mass is 10.1. The third kappa shape index (κ3) is 3.80. The fraction of sp³-hybridized carbons (Fsp3) is 0.211. The van der Waals surface area contributed by atoms with Gasteiger partial charge >= 0.3 is 0 Å². The van der Waals surface area contributed by atoms with Crippen molar-refractivity contribution in [1.29, 1.82) is 0 Å². The molecule has 1 aromatic heterocycles. The van der Waals surface area contributed by atoms with Crippen molar-refractivity contribution < 1.29 is 8.42 Å². The van der Waals surface area contributed by atoms with Crippen molar-refractivity contribution in [2.75, 3.05) is 18.0 Å². The Hall–Kier alpha value is -1.57. The molecule has 0 amide bonds. The molecule has 0 unspecified atom stereocenters. The Kier molecular flexibility index (Phi) is 5.42. The van der Waals surface area contributed by atoms with Crippen LogP contribution in [0.25, 0.3) is 10.9 Å². The Balaban J connectivity index is 1.57. The normalized spacial score (nSPS) is 17.4. The number of pyridine rings is 1. The molecule has 1 saturated heterocycles. The summed E-state index contributed by atoms with van der Waals surface area (Å²) in [4.78, 5) is 6.39. The largest absolute Gasteiger partial charge is 0.369 e. The van der Waals surface area contributed by atoms with Crippen LogP contribution >= 0.6 is 34.8 Å². The Morgan fingerprint density at radius 1 is 1.07 bits per heavy atom. The third-order valence-corrected chi connectivity index (χ3v) is 7.36. The van der Waals surface area contributed by atoms with Gasteiger partial charge in [0.1, 0.15) is 4.90 Å². The number of hydrogen-bond acceptors (Lipinski definition) is 4. The molecule has 1 aliphatic heterocycles. The van der Waals surface area contributed by atoms with Gasteiger partial charge in [0.05, 0.1) is 15.6 Å². The van der Waals surface area contributed by atoms with Gasteiger partial charge in [0.2, 0.25) is 10.0 Å². The van der Waals surface area contributed by atoms with Gasteiger partial charge in [-0.15, -0.1) is 0 Å². The van der Waals surface area contributed by atoms with E-state index in [2.05, 4.69) is 14.6 Å². The van der Waals surface area contributed by atoms with Crippen molar-refractivity contribution in [2.24, 2.45) is 0 Å². The average molecular weight is 457 g/mol. The number of fused-ring (bicyclic) bond motifs is 1. The monoisotopic (exact) mass is 455 g/mol. The smallest absolute Gasteiger partial charge is 0.243 e. The van der Waals surface area contributed by atoms with Gasteiger partial charge in [0.25, 0.3) is 0 Å². The summed E-state index contributed by atoms with van der Waals surface area (Å²) < 4.78 is 28.4. The molecule has 0 aliphatic carbocycles. The van der Waals surface area contributed by atoms with E-state index < -0.39 is 10.0 Å². The Morgan fingerprint density at radius 3 is 2.57 bits per heavy atom. The summed E-state index contributed by atoms with van der Waals surface area (Å²) in [6.45, 7) is 1.26. The van der Waals surface area contributed by atoms with Crippen molar-refractivity contribution >= 4 is 61.4 Å². The highest BCUT2D eigenvalue weighted by Crippen LogP contribution is 2.34. The van der Waals surface area contributed by atoms with Crippen molar-refractivity contribution in [3.05, 3.63) is 63.7 Å². The molecule has 28 heavy (non-hydrogen) atoms. The molecule has 1 aliphatic rings. The first-order chi connectivity index (χ1) is 13.3. The number of sulfonamides is 1. The standard InChI is InChI=1S/C19H16Cl3N3O2S/c20-12-9-15(21)19(16(22)10-12)28(26,27)24-13-6-8-25(11-13)18-5-1-4-17-14(18)3-2-7-23-17/h1-5,7,9-10,13,24H,6,8,11H2/t13-/m0/s1. The lowest BCUT2D eigenvalue weighted by Crippen LogP contribution is -2.37. The third-order valence-electron chi connectivity index (χ3n) is 4.71. The second kappa shape index (κ2) is 7.69. The van der Waals surface area contributed by atoms with E-state index in [4.69, 9.17) is 34.8 Å². The van der Waals surface area contributed by atoms with Crippen LogP contribution in [-0.2, 0) is 10.0 Å². The second-order valence-electron chi connectivity index (χ2n) is 6.60. The molecule has 1 fully saturated rings. The van der Waals surface area contributed by atoms with Crippen LogP contribution in [0.15, 0.2) is 53.6 Å². The van der Waals surface area contributed by atoms with Crippen molar-refractivity contribution in [3.8, 4) is 0 Å². The van der Waals surface area contributed by atoms with E-state index in [1.54, 1.807) is 6.20 Å². The van der Waals surface area contributed by atoms with Crippen LogP contribution in [0.4, 0.5) is 5.69 Å². The predicted molar refractivity (Wildman–Crippen MR) is 114 cm³/mol. The van der Waals surface area contributed by atoms with Gasteiger partial charge in [-0.3, -0.25) is 4.98 Å². The van der Waals surface area contributed by atoms with Crippen molar-refractivity contribution in [3.63, 3.8) is 0 Å². The fourth-order valence-corrected chi connectivity index (χ4v) is 6.31. The zero-order chi connectivity index (χ0) is 19.9. The van der Waals surface area contributed by atoms with Crippen LogP contribution in [0.5, 0.6) is 0 Å². The molecular weight excluding hydrogens is 441 g/mol. The molecular formula is C19H16Cl3N3O2S. The number of rotatable bonds is 4. The topological polar surface area (TPSA) is 62.3 Å². The summed E-state index contributed by atoms with van der Waals surface area (Å²) in [5.74, 6) is 0. The van der Waals surface area contributed by atoms with E-state index in [1.165, 1.54) is 12.1 Å². The number of hydrogen-bond donors (Lipinski definition) is 1. The van der Waals surface area contributed by atoms with Gasteiger partial charge in [-0.05, 0) is 42.8 Å². The van der Waals surface area contributed by atoms with Gasteiger partial charge < -0.3 is 4.90 Å². The molecule has 9 heteroatoms. The minimum Gasteiger partial charge on any atom is -0.369 e. The van der Waals surface area contributed by atoms with Gasteiger partial charge in [-0.2, -0.15) is 0 Å². The van der Waals surface area contributed by atoms with E-state index >= 15 is 0 Å². The zero-order valence-electron chi connectivity index (χ0n) is 14.6. The SMILES string of the molecule is O=S(=O)(N[C@H]1CCN(c2cccc3ncccc23)C1)c1c(Cl)cc(Cl)cc1Cl. The Morgan fingerprint density at radius 2 is 1.82 bits per heavy atom. The minimum absolute atomic E-state index is 0.0000177. The number of benzene rings is 2. The van der Waals surface area contributed by atoms with E-state index in [0.29, 0.717) is 13.0 Å². The Bertz CT molecular complexity index is 1130. The highest BCUT2D eigenvalue weighted by atomic mass is 35.5. The number of nitrogens with zero attached hydrogens (tertiary/aromatic N) is 2. The molecule has 0 bridgehead atoms. The molecule has 1 N–H and O–H groups in total. The van der Waals surface area contributed by atoms with Crippen LogP contribution in [0.2, 0.25) is 15.1 Å². The molecule has 0 spiro atoms. The van der Waals surface area contributed by atoms with Crippen molar-refractivity contribution in [1.82, 2.24) is 9.71 Å². The molecule has 146 valence electrons. The molecule has 1 atom stereocenters. The highest BCUT2D eigenvalue weighted by molar-refractivity contribution is 7.89. The summed E-state index contributed by atoms with van der Waals surface area (Å²) in [6, 6.07) is 12.3. The van der Waals surface area contributed by atoms with Crippen LogP contribution in [0.1, 0.15) is 6.42 Å². The molecule has 2 heterocycles. The molecule has 4 rings (SSSR count). The summed E-state index contributed by atoms with van der Waals surface area (Å²) >= 11 is 18.1. The first kappa shape index (κ1) is 19.7. The number of halogens is 3. The zero-order valence-corrected chi connectivity index (χ0v) is 17.7. The second-order valence-corrected chi connectivity index (χ2v) is 9.50. The van der Waals surface area contributed by atoms with Crippen LogP contribution in [-0.4, -0.2) is 32.5 Å². The summed E-state index contributed by atoms with van der Waals surface area (Å²) in [6.07, 6.45) is 2.42. The number of nitrogens with one attached hydrogen (secondary N) is 1. The van der Waals surface area contributed by atoms with Crippen molar-refractivity contribution in [2.45, 2.75) is 17.4 Å². The van der Waals surface area contributed by atoms with Gasteiger partial charge in [0, 0.05) is 41.4 Å². The average Bonchev–Trinajstić information content (AvgIpc) is 3.07. The van der Waals surface area contributed by atoms with Gasteiger partial charge in [-0.25, -0.2) is 13.1 Å². The highest BCUT2D eigenvalue weighted by Gasteiger charge is 2.30.